The second-order valence-corrected chi connectivity index (χ2v) is 4.24. The standard InChI is InChI=1S/C16H10FNO2/c17-12-8-5-11(6-9-12)7-10-15-18-14-4-2-1-3-13(14)16(19)20-15/h1-10H. The van der Waals surface area contributed by atoms with Gasteiger partial charge in [-0.15, -0.1) is 0 Å². The number of rotatable bonds is 2. The molecule has 1 heterocycles. The van der Waals surface area contributed by atoms with Crippen LogP contribution in [0.2, 0.25) is 0 Å². The molecule has 0 N–H and O–H groups in total. The zero-order valence-electron chi connectivity index (χ0n) is 10.4. The molecule has 2 aromatic carbocycles. The lowest BCUT2D eigenvalue weighted by atomic mass is 10.2. The lowest BCUT2D eigenvalue weighted by molar-refractivity contribution is 0.491. The number of benzene rings is 2. The normalized spacial score (nSPS) is 11.2. The van der Waals surface area contributed by atoms with Crippen molar-refractivity contribution in [2.24, 2.45) is 0 Å². The van der Waals surface area contributed by atoms with E-state index in [1.54, 1.807) is 42.5 Å². The molecule has 0 aliphatic rings. The third-order valence-electron chi connectivity index (χ3n) is 2.84. The van der Waals surface area contributed by atoms with Crippen molar-refractivity contribution in [3.8, 4) is 0 Å². The van der Waals surface area contributed by atoms with Gasteiger partial charge in [0.15, 0.2) is 0 Å². The van der Waals surface area contributed by atoms with Gasteiger partial charge in [0.2, 0.25) is 5.89 Å². The summed E-state index contributed by atoms with van der Waals surface area (Å²) in [6, 6.07) is 13.0. The Morgan fingerprint density at radius 2 is 1.75 bits per heavy atom. The van der Waals surface area contributed by atoms with Crippen LogP contribution in [0.3, 0.4) is 0 Å². The molecule has 0 atom stereocenters. The zero-order valence-corrected chi connectivity index (χ0v) is 10.4. The molecule has 3 rings (SSSR count). The highest BCUT2D eigenvalue weighted by atomic mass is 19.1. The fourth-order valence-electron chi connectivity index (χ4n) is 1.85. The Kier molecular flexibility index (Phi) is 3.13. The van der Waals surface area contributed by atoms with Crippen LogP contribution in [0.5, 0.6) is 0 Å². The van der Waals surface area contributed by atoms with E-state index in [2.05, 4.69) is 4.98 Å². The van der Waals surface area contributed by atoms with Gasteiger partial charge in [-0.25, -0.2) is 14.2 Å². The van der Waals surface area contributed by atoms with Crippen LogP contribution in [0, 0.1) is 5.82 Å². The Morgan fingerprint density at radius 3 is 2.55 bits per heavy atom. The number of halogens is 1. The van der Waals surface area contributed by atoms with E-state index in [1.807, 2.05) is 6.07 Å². The van der Waals surface area contributed by atoms with Crippen LogP contribution in [0.1, 0.15) is 11.5 Å². The molecule has 3 nitrogen and oxygen atoms in total. The van der Waals surface area contributed by atoms with Crippen molar-refractivity contribution in [3.05, 3.63) is 76.2 Å². The Bertz CT molecular complexity index is 835. The fraction of sp³-hybridized carbons (Fsp3) is 0. The van der Waals surface area contributed by atoms with Crippen LogP contribution >= 0.6 is 0 Å². The Balaban J connectivity index is 1.98. The van der Waals surface area contributed by atoms with Crippen molar-refractivity contribution >= 4 is 23.1 Å². The molecule has 4 heteroatoms. The second kappa shape index (κ2) is 5.09. The summed E-state index contributed by atoms with van der Waals surface area (Å²) in [7, 11) is 0. The van der Waals surface area contributed by atoms with Gasteiger partial charge in [-0.2, -0.15) is 0 Å². The fourth-order valence-corrected chi connectivity index (χ4v) is 1.85. The van der Waals surface area contributed by atoms with Gasteiger partial charge >= 0.3 is 5.63 Å². The van der Waals surface area contributed by atoms with E-state index in [4.69, 9.17) is 4.42 Å². The third kappa shape index (κ3) is 2.49. The first-order chi connectivity index (χ1) is 9.72. The molecule has 98 valence electrons. The minimum atomic E-state index is -0.422. The average Bonchev–Trinajstić information content (AvgIpc) is 2.47. The minimum absolute atomic E-state index is 0.220. The highest BCUT2D eigenvalue weighted by Crippen LogP contribution is 2.10. The molecule has 0 aliphatic heterocycles. The van der Waals surface area contributed by atoms with Crippen molar-refractivity contribution < 1.29 is 8.81 Å². The van der Waals surface area contributed by atoms with Crippen molar-refractivity contribution in [2.45, 2.75) is 0 Å². The number of hydrogen-bond donors (Lipinski definition) is 0. The number of aromatic nitrogens is 1. The van der Waals surface area contributed by atoms with Gasteiger partial charge in [0.05, 0.1) is 10.9 Å². The molecule has 0 bridgehead atoms. The smallest absolute Gasteiger partial charge is 0.347 e. The van der Waals surface area contributed by atoms with E-state index in [1.165, 1.54) is 12.1 Å². The summed E-state index contributed by atoms with van der Waals surface area (Å²) in [4.78, 5) is 16.0. The lowest BCUT2D eigenvalue weighted by Gasteiger charge is -1.97. The number of hydrogen-bond acceptors (Lipinski definition) is 3. The molecule has 0 radical (unpaired) electrons. The average molecular weight is 267 g/mol. The van der Waals surface area contributed by atoms with Gasteiger partial charge in [-0.1, -0.05) is 24.3 Å². The number of fused-ring (bicyclic) bond motifs is 1. The van der Waals surface area contributed by atoms with E-state index in [-0.39, 0.29) is 11.7 Å². The molecule has 0 aliphatic carbocycles. The van der Waals surface area contributed by atoms with Crippen LogP contribution in [0.15, 0.2) is 57.7 Å². The minimum Gasteiger partial charge on any atom is -0.404 e. The molecule has 0 amide bonds. The maximum atomic E-state index is 12.8. The highest BCUT2D eigenvalue weighted by Gasteiger charge is 2.02. The van der Waals surface area contributed by atoms with E-state index in [0.717, 1.165) is 5.56 Å². The lowest BCUT2D eigenvalue weighted by Crippen LogP contribution is -2.02. The molecular formula is C16H10FNO2. The zero-order chi connectivity index (χ0) is 13.9. The third-order valence-corrected chi connectivity index (χ3v) is 2.84. The number of nitrogens with zero attached hydrogens (tertiary/aromatic N) is 1. The first-order valence-corrected chi connectivity index (χ1v) is 6.06. The maximum Gasteiger partial charge on any atom is 0.347 e. The highest BCUT2D eigenvalue weighted by molar-refractivity contribution is 5.78. The van der Waals surface area contributed by atoms with Crippen molar-refractivity contribution in [1.29, 1.82) is 0 Å². The second-order valence-electron chi connectivity index (χ2n) is 4.24. The first-order valence-electron chi connectivity index (χ1n) is 6.06. The van der Waals surface area contributed by atoms with Gasteiger partial charge in [0.25, 0.3) is 0 Å². The largest absolute Gasteiger partial charge is 0.404 e. The predicted octanol–water partition coefficient (Wildman–Crippen LogP) is 3.50. The summed E-state index contributed by atoms with van der Waals surface area (Å²) in [6.07, 6.45) is 3.29. The van der Waals surface area contributed by atoms with Crippen LogP contribution < -0.4 is 5.63 Å². The topological polar surface area (TPSA) is 43.1 Å². The van der Waals surface area contributed by atoms with E-state index in [9.17, 15) is 9.18 Å². The molecule has 0 unspecified atom stereocenters. The monoisotopic (exact) mass is 267 g/mol. The quantitative estimate of drug-likeness (QED) is 0.713. The Morgan fingerprint density at radius 1 is 1.00 bits per heavy atom. The summed E-state index contributed by atoms with van der Waals surface area (Å²) in [5.41, 5.74) is 0.959. The maximum absolute atomic E-state index is 12.8. The van der Waals surface area contributed by atoms with Crippen molar-refractivity contribution in [3.63, 3.8) is 0 Å². The van der Waals surface area contributed by atoms with E-state index < -0.39 is 5.63 Å². The molecule has 0 saturated carbocycles. The molecular weight excluding hydrogens is 257 g/mol. The van der Waals surface area contributed by atoms with Crippen LogP contribution in [0.4, 0.5) is 4.39 Å². The van der Waals surface area contributed by atoms with Crippen LogP contribution in [-0.2, 0) is 0 Å². The Labute approximate surface area is 114 Å². The van der Waals surface area contributed by atoms with Gasteiger partial charge in [0.1, 0.15) is 5.82 Å². The first kappa shape index (κ1) is 12.3. The molecule has 0 spiro atoms. The van der Waals surface area contributed by atoms with Crippen molar-refractivity contribution in [1.82, 2.24) is 4.98 Å². The van der Waals surface area contributed by atoms with E-state index >= 15 is 0 Å². The van der Waals surface area contributed by atoms with Crippen molar-refractivity contribution in [2.75, 3.05) is 0 Å². The SMILES string of the molecule is O=c1oc(C=Cc2ccc(F)cc2)nc2ccccc12. The Hall–Kier alpha value is -2.75. The van der Waals surface area contributed by atoms with Gasteiger partial charge in [-0.3, -0.25) is 0 Å². The van der Waals surface area contributed by atoms with Gasteiger partial charge in [0, 0.05) is 6.08 Å². The molecule has 3 aromatic rings. The molecule has 0 fully saturated rings. The molecule has 20 heavy (non-hydrogen) atoms. The van der Waals surface area contributed by atoms with Crippen LogP contribution in [-0.4, -0.2) is 4.98 Å². The summed E-state index contributed by atoms with van der Waals surface area (Å²) >= 11 is 0. The summed E-state index contributed by atoms with van der Waals surface area (Å²) in [5, 5.41) is 0.450. The van der Waals surface area contributed by atoms with E-state index in [0.29, 0.717) is 10.9 Å². The summed E-state index contributed by atoms with van der Waals surface area (Å²) in [6.45, 7) is 0. The summed E-state index contributed by atoms with van der Waals surface area (Å²) in [5.74, 6) is -0.0736. The van der Waals surface area contributed by atoms with Gasteiger partial charge in [-0.05, 0) is 35.9 Å². The van der Waals surface area contributed by atoms with Crippen LogP contribution in [0.25, 0.3) is 23.1 Å². The number of para-hydroxylation sites is 1. The summed E-state index contributed by atoms with van der Waals surface area (Å²) < 4.78 is 17.9. The molecule has 1 aromatic heterocycles. The predicted molar refractivity (Wildman–Crippen MR) is 75.6 cm³/mol. The van der Waals surface area contributed by atoms with Gasteiger partial charge < -0.3 is 4.42 Å². The molecule has 0 saturated heterocycles.